The molecule has 0 radical (unpaired) electrons. The molecule has 1 amide bonds. The molecule has 0 saturated carbocycles. The van der Waals surface area contributed by atoms with Gasteiger partial charge in [0.05, 0.1) is 43.2 Å². The number of hydrogen-bond acceptors (Lipinski definition) is 8. The topological polar surface area (TPSA) is 117 Å². The van der Waals surface area contributed by atoms with Crippen molar-refractivity contribution in [1.29, 1.82) is 0 Å². The van der Waals surface area contributed by atoms with E-state index in [9.17, 15) is 19.2 Å². The summed E-state index contributed by atoms with van der Waals surface area (Å²) in [4.78, 5) is 47.9. The molecule has 9 heteroatoms. The minimum absolute atomic E-state index is 0.0202. The average Bonchev–Trinajstić information content (AvgIpc) is 2.77. The van der Waals surface area contributed by atoms with Gasteiger partial charge in [-0.25, -0.2) is 14.4 Å². The number of amides is 1. The van der Waals surface area contributed by atoms with E-state index in [1.54, 1.807) is 12.1 Å². The zero-order chi connectivity index (χ0) is 22.1. The lowest BCUT2D eigenvalue weighted by molar-refractivity contribution is -0.119. The molecule has 30 heavy (non-hydrogen) atoms. The molecule has 0 aliphatic heterocycles. The Bertz CT molecular complexity index is 937. The van der Waals surface area contributed by atoms with E-state index in [0.29, 0.717) is 12.4 Å². The number of carbonyl (C=O) groups excluding carboxylic acids is 4. The van der Waals surface area contributed by atoms with Crippen LogP contribution < -0.4 is 10.1 Å². The molecule has 0 aromatic heterocycles. The summed E-state index contributed by atoms with van der Waals surface area (Å²) in [5, 5.41) is 2.43. The molecule has 0 bridgehead atoms. The average molecular weight is 415 g/mol. The first-order chi connectivity index (χ1) is 14.4. The molecule has 158 valence electrons. The fraction of sp³-hybridized carbons (Fsp3) is 0.238. The zero-order valence-electron chi connectivity index (χ0n) is 16.7. The van der Waals surface area contributed by atoms with E-state index in [1.807, 2.05) is 6.92 Å². The van der Waals surface area contributed by atoms with Crippen LogP contribution in [0.5, 0.6) is 5.75 Å². The van der Waals surface area contributed by atoms with Gasteiger partial charge in [-0.15, -0.1) is 0 Å². The first-order valence-corrected chi connectivity index (χ1v) is 8.90. The van der Waals surface area contributed by atoms with Gasteiger partial charge >= 0.3 is 17.9 Å². The fourth-order valence-corrected chi connectivity index (χ4v) is 2.44. The van der Waals surface area contributed by atoms with Crippen molar-refractivity contribution >= 4 is 29.5 Å². The maximum absolute atomic E-state index is 12.2. The van der Waals surface area contributed by atoms with Gasteiger partial charge in [0.25, 0.3) is 5.91 Å². The van der Waals surface area contributed by atoms with Crippen LogP contribution in [0.2, 0.25) is 0 Å². The molecular formula is C21H21NO8. The monoisotopic (exact) mass is 415 g/mol. The van der Waals surface area contributed by atoms with Crippen molar-refractivity contribution in [2.45, 2.75) is 6.92 Å². The Morgan fingerprint density at radius 2 is 1.47 bits per heavy atom. The SMILES string of the molecule is CCOc1ccc(C(=O)OCC(=O)Nc2cc(C(=O)OC)ccc2C(=O)OC)cc1. The molecular weight excluding hydrogens is 394 g/mol. The van der Waals surface area contributed by atoms with Crippen LogP contribution in [0, 0.1) is 0 Å². The Balaban J connectivity index is 2.06. The summed E-state index contributed by atoms with van der Waals surface area (Å²) in [6.45, 7) is 1.73. The van der Waals surface area contributed by atoms with Gasteiger partial charge in [-0.2, -0.15) is 0 Å². The minimum Gasteiger partial charge on any atom is -0.494 e. The second-order valence-corrected chi connectivity index (χ2v) is 5.83. The number of hydrogen-bond donors (Lipinski definition) is 1. The quantitative estimate of drug-likeness (QED) is 0.516. The minimum atomic E-state index is -0.715. The second kappa shape index (κ2) is 10.6. The molecule has 0 atom stereocenters. The number of nitrogens with one attached hydrogen (secondary N) is 1. The fourth-order valence-electron chi connectivity index (χ4n) is 2.44. The Kier molecular flexibility index (Phi) is 7.92. The summed E-state index contributed by atoms with van der Waals surface area (Å²) >= 11 is 0. The third-order valence-corrected chi connectivity index (χ3v) is 3.86. The van der Waals surface area contributed by atoms with Crippen LogP contribution in [0.3, 0.4) is 0 Å². The van der Waals surface area contributed by atoms with Crippen LogP contribution in [-0.2, 0) is 19.0 Å². The van der Waals surface area contributed by atoms with Gasteiger partial charge in [0.1, 0.15) is 5.75 Å². The van der Waals surface area contributed by atoms with E-state index in [0.717, 1.165) is 0 Å². The lowest BCUT2D eigenvalue weighted by Crippen LogP contribution is -2.22. The molecule has 2 aromatic rings. The Morgan fingerprint density at radius 1 is 0.833 bits per heavy atom. The molecule has 0 saturated heterocycles. The van der Waals surface area contributed by atoms with Crippen molar-refractivity contribution in [3.63, 3.8) is 0 Å². The van der Waals surface area contributed by atoms with Gasteiger partial charge in [-0.05, 0) is 49.4 Å². The molecule has 0 aliphatic carbocycles. The number of anilines is 1. The summed E-state index contributed by atoms with van der Waals surface area (Å²) < 4.78 is 19.6. The summed E-state index contributed by atoms with van der Waals surface area (Å²) in [6, 6.07) is 10.2. The number of rotatable bonds is 8. The normalized spacial score (nSPS) is 9.97. The maximum atomic E-state index is 12.2. The van der Waals surface area contributed by atoms with E-state index < -0.39 is 30.4 Å². The Labute approximate surface area is 172 Å². The standard InChI is InChI=1S/C21H21NO8/c1-4-29-15-8-5-13(6-9-15)20(25)30-12-18(23)22-17-11-14(19(24)27-2)7-10-16(17)21(26)28-3/h5-11H,4,12H2,1-3H3,(H,22,23). The van der Waals surface area contributed by atoms with Gasteiger partial charge in [0, 0.05) is 0 Å². The van der Waals surface area contributed by atoms with Crippen molar-refractivity contribution in [3.8, 4) is 5.75 Å². The molecule has 0 heterocycles. The van der Waals surface area contributed by atoms with Crippen molar-refractivity contribution < 1.29 is 38.1 Å². The maximum Gasteiger partial charge on any atom is 0.339 e. The number of esters is 3. The van der Waals surface area contributed by atoms with Crippen molar-refractivity contribution in [1.82, 2.24) is 0 Å². The Morgan fingerprint density at radius 3 is 2.07 bits per heavy atom. The summed E-state index contributed by atoms with van der Waals surface area (Å²) in [6.07, 6.45) is 0. The molecule has 1 N–H and O–H groups in total. The van der Waals surface area contributed by atoms with Crippen LogP contribution in [0.15, 0.2) is 42.5 Å². The van der Waals surface area contributed by atoms with Crippen LogP contribution in [-0.4, -0.2) is 51.2 Å². The van der Waals surface area contributed by atoms with Gasteiger partial charge in [0.2, 0.25) is 0 Å². The zero-order valence-corrected chi connectivity index (χ0v) is 16.7. The van der Waals surface area contributed by atoms with Crippen molar-refractivity contribution in [2.24, 2.45) is 0 Å². The Hall–Kier alpha value is -3.88. The van der Waals surface area contributed by atoms with Gasteiger partial charge < -0.3 is 24.3 Å². The molecule has 9 nitrogen and oxygen atoms in total. The highest BCUT2D eigenvalue weighted by molar-refractivity contribution is 6.04. The van der Waals surface area contributed by atoms with E-state index >= 15 is 0 Å². The van der Waals surface area contributed by atoms with Crippen molar-refractivity contribution in [3.05, 3.63) is 59.2 Å². The third kappa shape index (κ3) is 5.81. The van der Waals surface area contributed by atoms with Gasteiger partial charge in [-0.1, -0.05) is 0 Å². The highest BCUT2D eigenvalue weighted by Gasteiger charge is 2.18. The lowest BCUT2D eigenvalue weighted by Gasteiger charge is -2.12. The highest BCUT2D eigenvalue weighted by atomic mass is 16.5. The molecule has 0 fully saturated rings. The predicted octanol–water partition coefficient (Wildman–Crippen LogP) is 2.45. The number of ether oxygens (including phenoxy) is 4. The van der Waals surface area contributed by atoms with Gasteiger partial charge in [0.15, 0.2) is 6.61 Å². The molecule has 2 rings (SSSR count). The van der Waals surface area contributed by atoms with E-state index in [2.05, 4.69) is 14.8 Å². The molecule has 2 aromatic carbocycles. The van der Waals surface area contributed by atoms with Crippen molar-refractivity contribution in [2.75, 3.05) is 32.8 Å². The first-order valence-electron chi connectivity index (χ1n) is 8.90. The van der Waals surface area contributed by atoms with Gasteiger partial charge in [-0.3, -0.25) is 4.79 Å². The molecule has 0 spiro atoms. The lowest BCUT2D eigenvalue weighted by atomic mass is 10.1. The van der Waals surface area contributed by atoms with E-state index in [1.165, 1.54) is 44.6 Å². The number of carbonyl (C=O) groups is 4. The first kappa shape index (κ1) is 22.4. The third-order valence-electron chi connectivity index (χ3n) is 3.86. The number of methoxy groups -OCH3 is 2. The smallest absolute Gasteiger partial charge is 0.339 e. The van der Waals surface area contributed by atoms with Crippen LogP contribution in [0.25, 0.3) is 0 Å². The largest absolute Gasteiger partial charge is 0.494 e. The molecule has 0 unspecified atom stereocenters. The predicted molar refractivity (Wildman–Crippen MR) is 106 cm³/mol. The number of benzene rings is 2. The van der Waals surface area contributed by atoms with E-state index in [-0.39, 0.29) is 22.4 Å². The van der Waals surface area contributed by atoms with Crippen LogP contribution in [0.1, 0.15) is 38.0 Å². The summed E-state index contributed by atoms with van der Waals surface area (Å²) in [5.41, 5.74) is 0.407. The second-order valence-electron chi connectivity index (χ2n) is 5.83. The summed E-state index contributed by atoms with van der Waals surface area (Å²) in [7, 11) is 2.38. The van der Waals surface area contributed by atoms with Crippen LogP contribution >= 0.6 is 0 Å². The highest BCUT2D eigenvalue weighted by Crippen LogP contribution is 2.20. The van der Waals surface area contributed by atoms with Crippen LogP contribution in [0.4, 0.5) is 5.69 Å². The summed E-state index contributed by atoms with van der Waals surface area (Å²) in [5.74, 6) is -2.17. The molecule has 0 aliphatic rings. The van der Waals surface area contributed by atoms with E-state index in [4.69, 9.17) is 9.47 Å².